The predicted molar refractivity (Wildman–Crippen MR) is 62.8 cm³/mol. The average Bonchev–Trinajstić information content (AvgIpc) is 2.77. The molecule has 2 aliphatic rings. The van der Waals surface area contributed by atoms with Crippen LogP contribution in [0.2, 0.25) is 0 Å². The lowest BCUT2D eigenvalue weighted by molar-refractivity contribution is -0.136. The van der Waals surface area contributed by atoms with Gasteiger partial charge in [0.25, 0.3) is 5.91 Å². The number of urea groups is 1. The number of hydrogen-bond acceptors (Lipinski definition) is 5. The molecule has 0 saturated carbocycles. The second-order valence-corrected chi connectivity index (χ2v) is 4.26. The summed E-state index contributed by atoms with van der Waals surface area (Å²) >= 11 is 0. The molecule has 0 aromatic carbocycles. The Hall–Kier alpha value is -2.12. The van der Waals surface area contributed by atoms with Gasteiger partial charge in [-0.25, -0.2) is 9.79 Å². The number of likely N-dealkylation sites (N-methyl/N-ethyl adjacent to an activating group) is 3. The van der Waals surface area contributed by atoms with E-state index in [9.17, 15) is 14.4 Å². The fraction of sp³-hybridized carbons (Fsp3) is 0.600. The first-order valence-electron chi connectivity index (χ1n) is 5.51. The van der Waals surface area contributed by atoms with Gasteiger partial charge >= 0.3 is 6.03 Å². The zero-order chi connectivity index (χ0) is 13.4. The standard InChI is InChI=1S/C10H15N5O3/c1-11-6(16)4-15-5-12-8-7(15)9(17)14(3)10(18)13(8)2/h5,7-8H,4H2,1-3H3,(H,11,16). The van der Waals surface area contributed by atoms with E-state index in [-0.39, 0.29) is 24.4 Å². The SMILES string of the molecule is CNC(=O)CN1C=NC2C1C(=O)N(C)C(=O)N2C. The van der Waals surface area contributed by atoms with Gasteiger partial charge in [-0.2, -0.15) is 0 Å². The second-order valence-electron chi connectivity index (χ2n) is 4.26. The van der Waals surface area contributed by atoms with E-state index < -0.39 is 12.2 Å². The first-order valence-corrected chi connectivity index (χ1v) is 5.51. The molecule has 8 heteroatoms. The van der Waals surface area contributed by atoms with Crippen molar-refractivity contribution in [2.24, 2.45) is 4.99 Å². The van der Waals surface area contributed by atoms with E-state index in [0.29, 0.717) is 0 Å². The van der Waals surface area contributed by atoms with Crippen molar-refractivity contribution in [2.75, 3.05) is 27.7 Å². The summed E-state index contributed by atoms with van der Waals surface area (Å²) in [5.74, 6) is -0.554. The summed E-state index contributed by atoms with van der Waals surface area (Å²) < 4.78 is 0. The third-order valence-electron chi connectivity index (χ3n) is 3.18. The van der Waals surface area contributed by atoms with E-state index in [1.54, 1.807) is 11.9 Å². The van der Waals surface area contributed by atoms with Crippen LogP contribution in [0.15, 0.2) is 4.99 Å². The Morgan fingerprint density at radius 3 is 2.72 bits per heavy atom. The monoisotopic (exact) mass is 253 g/mol. The van der Waals surface area contributed by atoms with Crippen molar-refractivity contribution >= 4 is 24.2 Å². The quantitative estimate of drug-likeness (QED) is 0.635. The molecule has 0 radical (unpaired) electrons. The highest BCUT2D eigenvalue weighted by Gasteiger charge is 2.48. The fourth-order valence-electron chi connectivity index (χ4n) is 2.09. The molecular weight excluding hydrogens is 238 g/mol. The lowest BCUT2D eigenvalue weighted by Gasteiger charge is -2.39. The molecular formula is C10H15N5O3. The topological polar surface area (TPSA) is 85.3 Å². The molecule has 2 rings (SSSR count). The number of carbonyl (C=O) groups excluding carboxylic acids is 3. The van der Waals surface area contributed by atoms with Gasteiger partial charge < -0.3 is 15.1 Å². The number of carbonyl (C=O) groups is 3. The van der Waals surface area contributed by atoms with Crippen molar-refractivity contribution < 1.29 is 14.4 Å². The number of imide groups is 1. The fourth-order valence-corrected chi connectivity index (χ4v) is 2.09. The van der Waals surface area contributed by atoms with Gasteiger partial charge in [-0.15, -0.1) is 0 Å². The number of fused-ring (bicyclic) bond motifs is 1. The van der Waals surface area contributed by atoms with Gasteiger partial charge in [0.15, 0.2) is 12.2 Å². The first kappa shape index (κ1) is 12.3. The molecule has 0 aromatic heterocycles. The Kier molecular flexibility index (Phi) is 2.93. The van der Waals surface area contributed by atoms with Crippen LogP contribution in [0, 0.1) is 0 Å². The van der Waals surface area contributed by atoms with Crippen molar-refractivity contribution in [3.8, 4) is 0 Å². The average molecular weight is 253 g/mol. The minimum absolute atomic E-state index is 0.0444. The third kappa shape index (κ3) is 1.69. The normalized spacial score (nSPS) is 26.7. The van der Waals surface area contributed by atoms with Gasteiger partial charge in [0, 0.05) is 21.1 Å². The first-order chi connectivity index (χ1) is 8.47. The largest absolute Gasteiger partial charge is 0.358 e. The second kappa shape index (κ2) is 4.28. The summed E-state index contributed by atoms with van der Waals surface area (Å²) in [5, 5.41) is 2.49. The minimum Gasteiger partial charge on any atom is -0.358 e. The van der Waals surface area contributed by atoms with E-state index in [1.807, 2.05) is 0 Å². The maximum Gasteiger partial charge on any atom is 0.328 e. The summed E-state index contributed by atoms with van der Waals surface area (Å²) in [5.41, 5.74) is 0. The highest BCUT2D eigenvalue weighted by Crippen LogP contribution is 2.23. The van der Waals surface area contributed by atoms with E-state index >= 15 is 0 Å². The summed E-state index contributed by atoms with van der Waals surface area (Å²) in [6.07, 6.45) is 0.900. The Bertz CT molecular complexity index is 435. The lowest BCUT2D eigenvalue weighted by atomic mass is 10.1. The number of nitrogens with zero attached hydrogens (tertiary/aromatic N) is 4. The van der Waals surface area contributed by atoms with Crippen LogP contribution in [0.5, 0.6) is 0 Å². The molecule has 1 N–H and O–H groups in total. The summed E-state index contributed by atoms with van der Waals surface area (Å²) in [4.78, 5) is 43.3. The molecule has 18 heavy (non-hydrogen) atoms. The van der Waals surface area contributed by atoms with Gasteiger partial charge in [0.2, 0.25) is 5.91 Å². The summed E-state index contributed by atoms with van der Waals surface area (Å²) in [6.45, 7) is 0.0444. The number of amides is 4. The van der Waals surface area contributed by atoms with Crippen molar-refractivity contribution in [2.45, 2.75) is 12.2 Å². The minimum atomic E-state index is -0.616. The van der Waals surface area contributed by atoms with Gasteiger partial charge in [-0.05, 0) is 0 Å². The van der Waals surface area contributed by atoms with E-state index in [1.165, 1.54) is 25.3 Å². The van der Waals surface area contributed by atoms with Crippen LogP contribution in [-0.4, -0.2) is 78.8 Å². The van der Waals surface area contributed by atoms with Crippen molar-refractivity contribution in [3.63, 3.8) is 0 Å². The molecule has 2 heterocycles. The van der Waals surface area contributed by atoms with Crippen LogP contribution in [0.4, 0.5) is 4.79 Å². The summed E-state index contributed by atoms with van der Waals surface area (Å²) in [6, 6.07) is -1.00. The van der Waals surface area contributed by atoms with Crippen LogP contribution >= 0.6 is 0 Å². The van der Waals surface area contributed by atoms with Crippen molar-refractivity contribution in [1.29, 1.82) is 0 Å². The van der Waals surface area contributed by atoms with E-state index in [2.05, 4.69) is 10.3 Å². The zero-order valence-corrected chi connectivity index (χ0v) is 10.5. The zero-order valence-electron chi connectivity index (χ0n) is 10.5. The molecule has 1 saturated heterocycles. The number of aliphatic imine (C=N–C) groups is 1. The van der Waals surface area contributed by atoms with Crippen molar-refractivity contribution in [3.05, 3.63) is 0 Å². The van der Waals surface area contributed by atoms with Crippen molar-refractivity contribution in [1.82, 2.24) is 20.0 Å². The highest BCUT2D eigenvalue weighted by molar-refractivity contribution is 6.02. The van der Waals surface area contributed by atoms with Crippen LogP contribution in [-0.2, 0) is 9.59 Å². The Morgan fingerprint density at radius 2 is 2.11 bits per heavy atom. The maximum atomic E-state index is 12.1. The molecule has 0 spiro atoms. The number of rotatable bonds is 2. The molecule has 0 aliphatic carbocycles. The Morgan fingerprint density at radius 1 is 1.44 bits per heavy atom. The predicted octanol–water partition coefficient (Wildman–Crippen LogP) is -1.71. The van der Waals surface area contributed by atoms with Gasteiger partial charge in [-0.3, -0.25) is 14.5 Å². The van der Waals surface area contributed by atoms with E-state index in [0.717, 1.165) is 4.90 Å². The molecule has 0 aromatic rings. The molecule has 1 fully saturated rings. The Balaban J connectivity index is 2.21. The molecule has 2 atom stereocenters. The molecule has 98 valence electrons. The van der Waals surface area contributed by atoms with Crippen LogP contribution in [0.3, 0.4) is 0 Å². The highest BCUT2D eigenvalue weighted by atomic mass is 16.2. The maximum absolute atomic E-state index is 12.1. The van der Waals surface area contributed by atoms with Gasteiger partial charge in [0.05, 0.1) is 12.9 Å². The van der Waals surface area contributed by atoms with Crippen LogP contribution in [0.25, 0.3) is 0 Å². The van der Waals surface area contributed by atoms with Gasteiger partial charge in [0.1, 0.15) is 0 Å². The third-order valence-corrected chi connectivity index (χ3v) is 3.18. The number of hydrogen-bond donors (Lipinski definition) is 1. The Labute approximate surface area is 104 Å². The molecule has 8 nitrogen and oxygen atoms in total. The summed E-state index contributed by atoms with van der Waals surface area (Å²) in [7, 11) is 4.54. The lowest BCUT2D eigenvalue weighted by Crippen LogP contribution is -2.64. The van der Waals surface area contributed by atoms with E-state index in [4.69, 9.17) is 0 Å². The molecule has 2 unspecified atom stereocenters. The van der Waals surface area contributed by atoms with Crippen LogP contribution in [0.1, 0.15) is 0 Å². The van der Waals surface area contributed by atoms with Crippen LogP contribution < -0.4 is 5.32 Å². The molecule has 4 amide bonds. The molecule has 0 bridgehead atoms. The van der Waals surface area contributed by atoms with Gasteiger partial charge in [-0.1, -0.05) is 0 Å². The number of nitrogens with one attached hydrogen (secondary N) is 1. The molecule has 2 aliphatic heterocycles. The smallest absolute Gasteiger partial charge is 0.328 e.